The quantitative estimate of drug-likeness (QED) is 0.793. The van der Waals surface area contributed by atoms with E-state index in [9.17, 15) is 0 Å². The Kier molecular flexibility index (Phi) is 4.20. The van der Waals surface area contributed by atoms with Crippen LogP contribution in [0.1, 0.15) is 11.1 Å². The zero-order valence-corrected chi connectivity index (χ0v) is 11.4. The number of aryl methyl sites for hydroxylation is 1. The number of alkyl halides is 1. The van der Waals surface area contributed by atoms with Crippen LogP contribution in [0.2, 0.25) is 0 Å². The molecule has 0 spiro atoms. The molecule has 0 aliphatic rings. The van der Waals surface area contributed by atoms with Gasteiger partial charge in [0, 0.05) is 25.0 Å². The Bertz CT molecular complexity index is 482. The standard InChI is InChI=1S/C13H15BrN2O/c1-16-10-12(9-15-16)5-6-17-13-4-2-3-11(7-13)8-14/h2-4,7,9-10H,5-6,8H2,1H3. The van der Waals surface area contributed by atoms with Crippen LogP contribution in [-0.2, 0) is 18.8 Å². The first-order chi connectivity index (χ1) is 8.28. The van der Waals surface area contributed by atoms with Crippen molar-refractivity contribution in [1.29, 1.82) is 0 Å². The third-order valence-electron chi connectivity index (χ3n) is 2.47. The third kappa shape index (κ3) is 3.60. The highest BCUT2D eigenvalue weighted by atomic mass is 79.9. The third-order valence-corrected chi connectivity index (χ3v) is 3.12. The minimum absolute atomic E-state index is 0.678. The van der Waals surface area contributed by atoms with Crippen molar-refractivity contribution < 1.29 is 4.74 Å². The number of nitrogens with zero attached hydrogens (tertiary/aromatic N) is 2. The van der Waals surface area contributed by atoms with E-state index >= 15 is 0 Å². The van der Waals surface area contributed by atoms with Crippen LogP contribution in [0.3, 0.4) is 0 Å². The molecule has 2 aromatic rings. The SMILES string of the molecule is Cn1cc(CCOc2cccc(CBr)c2)cn1. The van der Waals surface area contributed by atoms with E-state index in [1.54, 1.807) is 4.68 Å². The van der Waals surface area contributed by atoms with Gasteiger partial charge in [-0.15, -0.1) is 0 Å². The number of halogens is 1. The van der Waals surface area contributed by atoms with Gasteiger partial charge in [-0.3, -0.25) is 4.68 Å². The van der Waals surface area contributed by atoms with E-state index in [0.29, 0.717) is 6.61 Å². The average molecular weight is 295 g/mol. The van der Waals surface area contributed by atoms with E-state index < -0.39 is 0 Å². The average Bonchev–Trinajstić information content (AvgIpc) is 2.75. The monoisotopic (exact) mass is 294 g/mol. The molecule has 0 bridgehead atoms. The molecule has 2 rings (SSSR count). The smallest absolute Gasteiger partial charge is 0.119 e. The molecule has 0 fully saturated rings. The molecule has 17 heavy (non-hydrogen) atoms. The van der Waals surface area contributed by atoms with Crippen LogP contribution < -0.4 is 4.74 Å². The van der Waals surface area contributed by atoms with Crippen molar-refractivity contribution in [1.82, 2.24) is 9.78 Å². The van der Waals surface area contributed by atoms with Gasteiger partial charge in [0.25, 0.3) is 0 Å². The summed E-state index contributed by atoms with van der Waals surface area (Å²) in [4.78, 5) is 0. The fourth-order valence-corrected chi connectivity index (χ4v) is 1.95. The molecular formula is C13H15BrN2O. The summed E-state index contributed by atoms with van der Waals surface area (Å²) in [5.74, 6) is 0.922. The van der Waals surface area contributed by atoms with E-state index in [2.05, 4.69) is 33.2 Å². The van der Waals surface area contributed by atoms with Crippen LogP contribution in [0.5, 0.6) is 5.75 Å². The predicted molar refractivity (Wildman–Crippen MR) is 71.5 cm³/mol. The summed E-state index contributed by atoms with van der Waals surface area (Å²) in [5.41, 5.74) is 2.42. The second-order valence-electron chi connectivity index (χ2n) is 3.90. The fraction of sp³-hybridized carbons (Fsp3) is 0.308. The molecule has 4 heteroatoms. The van der Waals surface area contributed by atoms with E-state index in [1.165, 1.54) is 11.1 Å². The molecule has 0 aliphatic heterocycles. The molecule has 3 nitrogen and oxygen atoms in total. The second-order valence-corrected chi connectivity index (χ2v) is 4.46. The minimum atomic E-state index is 0.678. The van der Waals surface area contributed by atoms with Crippen molar-refractivity contribution in [2.45, 2.75) is 11.8 Å². The largest absolute Gasteiger partial charge is 0.493 e. The van der Waals surface area contributed by atoms with Crippen LogP contribution >= 0.6 is 15.9 Å². The lowest BCUT2D eigenvalue weighted by molar-refractivity contribution is 0.321. The lowest BCUT2D eigenvalue weighted by atomic mass is 10.2. The predicted octanol–water partition coefficient (Wildman–Crippen LogP) is 2.94. The molecule has 0 atom stereocenters. The maximum absolute atomic E-state index is 5.70. The molecule has 0 N–H and O–H groups in total. The Morgan fingerprint density at radius 1 is 1.35 bits per heavy atom. The van der Waals surface area contributed by atoms with E-state index in [1.807, 2.05) is 31.6 Å². The first kappa shape index (κ1) is 12.2. The van der Waals surface area contributed by atoms with Gasteiger partial charge in [0.05, 0.1) is 12.8 Å². The highest BCUT2D eigenvalue weighted by molar-refractivity contribution is 9.08. The van der Waals surface area contributed by atoms with E-state index in [-0.39, 0.29) is 0 Å². The van der Waals surface area contributed by atoms with Crippen molar-refractivity contribution >= 4 is 15.9 Å². The Labute approximate surface area is 110 Å². The number of ether oxygens (including phenoxy) is 1. The van der Waals surface area contributed by atoms with Gasteiger partial charge in [-0.25, -0.2) is 0 Å². The molecule has 1 aromatic heterocycles. The summed E-state index contributed by atoms with van der Waals surface area (Å²) in [6, 6.07) is 8.12. The topological polar surface area (TPSA) is 27.1 Å². The second kappa shape index (κ2) is 5.87. The Balaban J connectivity index is 1.85. The minimum Gasteiger partial charge on any atom is -0.493 e. The molecule has 1 aromatic carbocycles. The molecular weight excluding hydrogens is 280 g/mol. The number of benzene rings is 1. The lowest BCUT2D eigenvalue weighted by Gasteiger charge is -2.06. The van der Waals surface area contributed by atoms with Gasteiger partial charge in [-0.05, 0) is 23.3 Å². The van der Waals surface area contributed by atoms with Gasteiger partial charge >= 0.3 is 0 Å². The van der Waals surface area contributed by atoms with Crippen molar-refractivity contribution in [3.8, 4) is 5.75 Å². The Hall–Kier alpha value is -1.29. The molecule has 90 valence electrons. The van der Waals surface area contributed by atoms with Crippen LogP contribution in [0, 0.1) is 0 Å². The van der Waals surface area contributed by atoms with Crippen LogP contribution in [0.25, 0.3) is 0 Å². The van der Waals surface area contributed by atoms with Crippen molar-refractivity contribution in [2.75, 3.05) is 6.61 Å². The van der Waals surface area contributed by atoms with Crippen LogP contribution in [0.15, 0.2) is 36.7 Å². The summed E-state index contributed by atoms with van der Waals surface area (Å²) in [6.45, 7) is 0.678. The zero-order chi connectivity index (χ0) is 12.1. The number of hydrogen-bond donors (Lipinski definition) is 0. The summed E-state index contributed by atoms with van der Waals surface area (Å²) in [5, 5.41) is 4.98. The molecule has 0 saturated carbocycles. The fourth-order valence-electron chi connectivity index (χ4n) is 1.61. The molecule has 0 amide bonds. The maximum Gasteiger partial charge on any atom is 0.119 e. The molecule has 0 aliphatic carbocycles. The Morgan fingerprint density at radius 2 is 2.24 bits per heavy atom. The van der Waals surface area contributed by atoms with Gasteiger partial charge in [0.2, 0.25) is 0 Å². The van der Waals surface area contributed by atoms with Gasteiger partial charge in [-0.2, -0.15) is 5.10 Å². The van der Waals surface area contributed by atoms with Crippen molar-refractivity contribution in [2.24, 2.45) is 7.05 Å². The van der Waals surface area contributed by atoms with Crippen LogP contribution in [0.4, 0.5) is 0 Å². The number of rotatable bonds is 5. The maximum atomic E-state index is 5.70. The highest BCUT2D eigenvalue weighted by Crippen LogP contribution is 2.15. The Morgan fingerprint density at radius 3 is 2.94 bits per heavy atom. The van der Waals surface area contributed by atoms with Gasteiger partial charge in [0.15, 0.2) is 0 Å². The molecule has 0 saturated heterocycles. The van der Waals surface area contributed by atoms with Gasteiger partial charge in [-0.1, -0.05) is 28.1 Å². The molecule has 1 heterocycles. The zero-order valence-electron chi connectivity index (χ0n) is 9.77. The molecule has 0 radical (unpaired) electrons. The van der Waals surface area contributed by atoms with E-state index in [4.69, 9.17) is 4.74 Å². The van der Waals surface area contributed by atoms with Crippen LogP contribution in [-0.4, -0.2) is 16.4 Å². The first-order valence-corrected chi connectivity index (χ1v) is 6.65. The lowest BCUT2D eigenvalue weighted by Crippen LogP contribution is -2.00. The van der Waals surface area contributed by atoms with E-state index in [0.717, 1.165) is 17.5 Å². The highest BCUT2D eigenvalue weighted by Gasteiger charge is 1.98. The van der Waals surface area contributed by atoms with Gasteiger partial charge < -0.3 is 4.74 Å². The van der Waals surface area contributed by atoms with Crippen molar-refractivity contribution in [3.63, 3.8) is 0 Å². The number of aromatic nitrogens is 2. The summed E-state index contributed by atoms with van der Waals surface area (Å²) in [7, 11) is 1.92. The van der Waals surface area contributed by atoms with Crippen molar-refractivity contribution in [3.05, 3.63) is 47.8 Å². The molecule has 0 unspecified atom stereocenters. The first-order valence-electron chi connectivity index (χ1n) is 5.53. The number of hydrogen-bond acceptors (Lipinski definition) is 2. The summed E-state index contributed by atoms with van der Waals surface area (Å²) >= 11 is 3.43. The summed E-state index contributed by atoms with van der Waals surface area (Å²) in [6.07, 6.45) is 4.77. The summed E-state index contributed by atoms with van der Waals surface area (Å²) < 4.78 is 7.51. The van der Waals surface area contributed by atoms with Gasteiger partial charge in [0.1, 0.15) is 5.75 Å². The normalized spacial score (nSPS) is 10.5.